The van der Waals surface area contributed by atoms with Crippen LogP contribution < -0.4 is 10.6 Å². The maximum Gasteiger partial charge on any atom is 0.407 e. The average molecular weight is 530 g/mol. The highest BCUT2D eigenvalue weighted by Gasteiger charge is 2.44. The van der Waals surface area contributed by atoms with Gasteiger partial charge in [0.1, 0.15) is 29.4 Å². The Morgan fingerprint density at radius 2 is 1.87 bits per heavy atom. The predicted molar refractivity (Wildman–Crippen MR) is 135 cm³/mol. The number of carbonyl (C=O) groups is 1. The third-order valence-electron chi connectivity index (χ3n) is 6.38. The Bertz CT molecular complexity index is 1520. The van der Waals surface area contributed by atoms with Crippen LogP contribution in [0.2, 0.25) is 0 Å². The summed E-state index contributed by atoms with van der Waals surface area (Å²) in [4.78, 5) is 16.9. The van der Waals surface area contributed by atoms with E-state index in [1.165, 1.54) is 32.0 Å². The monoisotopic (exact) mass is 529 g/mol. The molecular formula is C27H27F4N5O2. The van der Waals surface area contributed by atoms with E-state index in [-0.39, 0.29) is 11.1 Å². The van der Waals surface area contributed by atoms with Gasteiger partial charge in [0.05, 0.1) is 24.1 Å². The van der Waals surface area contributed by atoms with Crippen LogP contribution in [0.25, 0.3) is 33.2 Å². The smallest absolute Gasteiger partial charge is 0.407 e. The molecule has 0 fully saturated rings. The minimum atomic E-state index is -4.81. The molecule has 7 nitrogen and oxygen atoms in total. The Morgan fingerprint density at radius 3 is 2.47 bits per heavy atom. The number of nitrogens with one attached hydrogen (secondary N) is 2. The van der Waals surface area contributed by atoms with Gasteiger partial charge in [-0.3, -0.25) is 10.1 Å². The Balaban J connectivity index is 1.73. The van der Waals surface area contributed by atoms with Gasteiger partial charge in [-0.2, -0.15) is 18.4 Å². The second-order valence-electron chi connectivity index (χ2n) is 9.85. The summed E-state index contributed by atoms with van der Waals surface area (Å²) < 4.78 is 64.8. The number of hydrogen-bond donors (Lipinski definition) is 2. The lowest BCUT2D eigenvalue weighted by Gasteiger charge is -2.29. The number of amides is 1. The molecule has 2 atom stereocenters. The van der Waals surface area contributed by atoms with Gasteiger partial charge in [-0.15, -0.1) is 0 Å². The van der Waals surface area contributed by atoms with E-state index in [2.05, 4.69) is 15.6 Å². The van der Waals surface area contributed by atoms with Crippen molar-refractivity contribution in [1.82, 2.24) is 20.2 Å². The fourth-order valence-corrected chi connectivity index (χ4v) is 4.44. The fourth-order valence-electron chi connectivity index (χ4n) is 4.44. The number of nitriles is 1. The van der Waals surface area contributed by atoms with Crippen molar-refractivity contribution in [3.05, 3.63) is 54.0 Å². The molecule has 0 spiro atoms. The molecule has 4 aromatic rings. The Hall–Kier alpha value is -3.91. The first kappa shape index (κ1) is 27.1. The number of nitrogens with zero attached hydrogens (tertiary/aromatic N) is 3. The molecule has 2 aromatic carbocycles. The van der Waals surface area contributed by atoms with E-state index < -0.39 is 42.8 Å². The first-order chi connectivity index (χ1) is 17.8. The maximum atomic E-state index is 14.4. The number of rotatable bonds is 8. The zero-order valence-corrected chi connectivity index (χ0v) is 21.3. The molecule has 0 saturated carbocycles. The number of furan rings is 1. The van der Waals surface area contributed by atoms with Gasteiger partial charge in [0, 0.05) is 35.5 Å². The molecule has 2 N–H and O–H groups in total. The van der Waals surface area contributed by atoms with E-state index >= 15 is 0 Å². The quantitative estimate of drug-likeness (QED) is 0.228. The third-order valence-corrected chi connectivity index (χ3v) is 6.38. The van der Waals surface area contributed by atoms with Gasteiger partial charge in [0.15, 0.2) is 0 Å². The number of alkyl halides is 4. The van der Waals surface area contributed by atoms with Gasteiger partial charge in [0.2, 0.25) is 5.91 Å². The van der Waals surface area contributed by atoms with Crippen LogP contribution in [0.4, 0.5) is 17.6 Å². The van der Waals surface area contributed by atoms with Crippen LogP contribution in [0.1, 0.15) is 37.6 Å². The van der Waals surface area contributed by atoms with Crippen LogP contribution in [-0.4, -0.2) is 39.9 Å². The molecule has 0 saturated heterocycles. The number of benzene rings is 2. The molecule has 11 heteroatoms. The minimum absolute atomic E-state index is 0.195. The van der Waals surface area contributed by atoms with Crippen molar-refractivity contribution in [2.24, 2.45) is 7.05 Å². The molecule has 2 aromatic heterocycles. The highest BCUT2D eigenvalue weighted by Crippen LogP contribution is 2.38. The van der Waals surface area contributed by atoms with Crippen molar-refractivity contribution in [3.8, 4) is 17.3 Å². The van der Waals surface area contributed by atoms with Crippen LogP contribution in [0.5, 0.6) is 0 Å². The molecule has 0 aliphatic heterocycles. The second kappa shape index (κ2) is 10.1. The van der Waals surface area contributed by atoms with Crippen LogP contribution in [0.15, 0.2) is 47.1 Å². The fraction of sp³-hybridized carbons (Fsp3) is 0.370. The molecule has 2 heterocycles. The van der Waals surface area contributed by atoms with Crippen LogP contribution in [-0.2, 0) is 11.8 Å². The normalized spacial score (nSPS) is 14.0. The third kappa shape index (κ3) is 5.65. The van der Waals surface area contributed by atoms with Gasteiger partial charge in [-0.05, 0) is 50.6 Å². The van der Waals surface area contributed by atoms with Gasteiger partial charge < -0.3 is 14.3 Å². The molecule has 0 radical (unpaired) electrons. The van der Waals surface area contributed by atoms with Crippen molar-refractivity contribution in [2.75, 3.05) is 6.54 Å². The Morgan fingerprint density at radius 1 is 1.13 bits per heavy atom. The van der Waals surface area contributed by atoms with Crippen LogP contribution in [0, 0.1) is 18.3 Å². The Kier molecular flexibility index (Phi) is 7.21. The number of aromatic nitrogens is 2. The highest BCUT2D eigenvalue weighted by molar-refractivity contribution is 6.06. The lowest BCUT2D eigenvalue weighted by atomic mass is 9.97. The predicted octanol–water partition coefficient (Wildman–Crippen LogP) is 5.63. The second-order valence-corrected chi connectivity index (χ2v) is 9.85. The number of imidazole rings is 1. The SMILES string of the molecule is Cc1c(-c2ccc3oc4cc(C(NC(CC(C)(C)F)C(=O)NCC#N)C(F)(F)F)ccc4c3c2)ncn1C. The van der Waals surface area contributed by atoms with E-state index in [9.17, 15) is 22.4 Å². The maximum absolute atomic E-state index is 14.4. The first-order valence-electron chi connectivity index (χ1n) is 11.9. The summed E-state index contributed by atoms with van der Waals surface area (Å²) >= 11 is 0. The van der Waals surface area contributed by atoms with Crippen molar-refractivity contribution in [3.63, 3.8) is 0 Å². The van der Waals surface area contributed by atoms with Gasteiger partial charge in [-0.1, -0.05) is 12.1 Å². The highest BCUT2D eigenvalue weighted by atomic mass is 19.4. The van der Waals surface area contributed by atoms with Gasteiger partial charge >= 0.3 is 6.18 Å². The first-order valence-corrected chi connectivity index (χ1v) is 11.9. The van der Waals surface area contributed by atoms with E-state index in [0.717, 1.165) is 22.3 Å². The number of aryl methyl sites for hydroxylation is 1. The number of fused-ring (bicyclic) bond motifs is 3. The molecule has 2 unspecified atom stereocenters. The molecule has 0 aliphatic rings. The zero-order chi connectivity index (χ0) is 27.8. The van der Waals surface area contributed by atoms with Gasteiger partial charge in [-0.25, -0.2) is 9.37 Å². The van der Waals surface area contributed by atoms with Gasteiger partial charge in [0.25, 0.3) is 0 Å². The number of hydrogen-bond acceptors (Lipinski definition) is 5. The van der Waals surface area contributed by atoms with E-state index in [1.807, 2.05) is 30.7 Å². The minimum Gasteiger partial charge on any atom is -0.456 e. The average Bonchev–Trinajstić information content (AvgIpc) is 3.36. The zero-order valence-electron chi connectivity index (χ0n) is 21.3. The van der Waals surface area contributed by atoms with Crippen LogP contribution >= 0.6 is 0 Å². The lowest BCUT2D eigenvalue weighted by Crippen LogP contribution is -2.51. The molecular weight excluding hydrogens is 502 g/mol. The molecule has 38 heavy (non-hydrogen) atoms. The molecule has 200 valence electrons. The van der Waals surface area contributed by atoms with E-state index in [4.69, 9.17) is 9.68 Å². The van der Waals surface area contributed by atoms with Crippen LogP contribution in [0.3, 0.4) is 0 Å². The Labute approximate surface area is 216 Å². The summed E-state index contributed by atoms with van der Waals surface area (Å²) in [5, 5.41) is 14.5. The summed E-state index contributed by atoms with van der Waals surface area (Å²) in [6.07, 6.45) is -3.63. The number of halogens is 4. The molecule has 1 amide bonds. The molecule has 0 bridgehead atoms. The molecule has 4 rings (SSSR count). The van der Waals surface area contributed by atoms with Crippen molar-refractivity contribution in [1.29, 1.82) is 5.26 Å². The molecule has 0 aliphatic carbocycles. The summed E-state index contributed by atoms with van der Waals surface area (Å²) in [5.74, 6) is -0.895. The largest absolute Gasteiger partial charge is 0.456 e. The van der Waals surface area contributed by atoms with E-state index in [1.54, 1.807) is 18.5 Å². The topological polar surface area (TPSA) is 95.9 Å². The van der Waals surface area contributed by atoms with Crippen molar-refractivity contribution >= 4 is 27.8 Å². The van der Waals surface area contributed by atoms with E-state index in [0.29, 0.717) is 11.0 Å². The number of carbonyl (C=O) groups excluding carboxylic acids is 1. The standard InChI is InChI=1S/C27H27F4N5O2/c1-15-23(34-14-36(15)4)16-6-8-21-19(11-16)18-7-5-17(12-22(18)38-21)24(27(29,30)31)35-20(13-26(2,3)28)25(37)33-10-9-32/h5-8,11-12,14,20,24,35H,10,13H2,1-4H3,(H,33,37). The lowest BCUT2D eigenvalue weighted by molar-refractivity contribution is -0.161. The summed E-state index contributed by atoms with van der Waals surface area (Å²) in [5.41, 5.74) is 1.20. The summed E-state index contributed by atoms with van der Waals surface area (Å²) in [6.45, 7) is 3.87. The van der Waals surface area contributed by atoms with Crippen molar-refractivity contribution in [2.45, 2.75) is 51.1 Å². The summed E-state index contributed by atoms with van der Waals surface area (Å²) in [6, 6.07) is 7.46. The van der Waals surface area contributed by atoms with Crippen molar-refractivity contribution < 1.29 is 26.8 Å². The summed E-state index contributed by atoms with van der Waals surface area (Å²) in [7, 11) is 1.89.